The minimum Gasteiger partial charge on any atom is -0.352 e. The van der Waals surface area contributed by atoms with E-state index in [4.69, 9.17) is 0 Å². The molecular weight excluding hydrogens is 506 g/mol. The number of para-hydroxylation sites is 1. The van der Waals surface area contributed by atoms with Crippen molar-refractivity contribution in [3.63, 3.8) is 0 Å². The van der Waals surface area contributed by atoms with Gasteiger partial charge in [0, 0.05) is 38.2 Å². The molecule has 0 bridgehead atoms. The summed E-state index contributed by atoms with van der Waals surface area (Å²) in [4.78, 5) is 38.0. The molecule has 0 spiro atoms. The van der Waals surface area contributed by atoms with Crippen molar-refractivity contribution in [1.82, 2.24) is 20.0 Å². The van der Waals surface area contributed by atoms with Crippen molar-refractivity contribution < 1.29 is 40.7 Å². The fraction of sp³-hybridized carbons (Fsp3) is 0.500. The normalized spacial score (nSPS) is 18.5. The van der Waals surface area contributed by atoms with Crippen LogP contribution in [0.1, 0.15) is 48.7 Å². The van der Waals surface area contributed by atoms with Crippen LogP contribution < -0.4 is 5.32 Å². The van der Waals surface area contributed by atoms with Crippen molar-refractivity contribution >= 4 is 17.6 Å². The predicted molar refractivity (Wildman–Crippen MR) is 120 cm³/mol. The van der Waals surface area contributed by atoms with Crippen molar-refractivity contribution in [3.05, 3.63) is 47.8 Å². The first-order chi connectivity index (χ1) is 17.3. The van der Waals surface area contributed by atoms with E-state index in [1.54, 1.807) is 25.1 Å². The second-order valence-corrected chi connectivity index (χ2v) is 9.00. The molecule has 2 heterocycles. The van der Waals surface area contributed by atoms with Crippen LogP contribution in [0.2, 0.25) is 0 Å². The maximum atomic E-state index is 13.5. The molecule has 2 aromatic rings. The van der Waals surface area contributed by atoms with Crippen molar-refractivity contribution in [2.45, 2.75) is 45.0 Å². The number of halogens is 6. The molecular formula is C24H26F6N4O3. The van der Waals surface area contributed by atoms with E-state index in [9.17, 15) is 40.7 Å². The van der Waals surface area contributed by atoms with Crippen molar-refractivity contribution in [3.8, 4) is 5.69 Å². The van der Waals surface area contributed by atoms with Gasteiger partial charge in [0.05, 0.1) is 11.3 Å². The first-order valence-corrected chi connectivity index (χ1v) is 11.6. The summed E-state index contributed by atoms with van der Waals surface area (Å²) >= 11 is 0. The van der Waals surface area contributed by atoms with E-state index in [0.29, 0.717) is 5.69 Å². The highest BCUT2D eigenvalue weighted by molar-refractivity contribution is 5.95. The smallest absolute Gasteiger partial charge is 0.352 e. The van der Waals surface area contributed by atoms with Crippen LogP contribution in [0.5, 0.6) is 0 Å². The molecule has 202 valence electrons. The Bertz CT molecular complexity index is 1110. The largest absolute Gasteiger partial charge is 0.435 e. The van der Waals surface area contributed by atoms with Gasteiger partial charge < -0.3 is 10.2 Å². The highest BCUT2D eigenvalue weighted by Crippen LogP contribution is 2.32. The summed E-state index contributed by atoms with van der Waals surface area (Å²) in [6.45, 7) is 1.70. The zero-order valence-corrected chi connectivity index (χ0v) is 19.9. The Morgan fingerprint density at radius 2 is 1.76 bits per heavy atom. The topological polar surface area (TPSA) is 84.3 Å². The monoisotopic (exact) mass is 532 g/mol. The maximum Gasteiger partial charge on any atom is 0.435 e. The highest BCUT2D eigenvalue weighted by atomic mass is 19.4. The van der Waals surface area contributed by atoms with Gasteiger partial charge in [-0.1, -0.05) is 25.1 Å². The maximum absolute atomic E-state index is 13.5. The van der Waals surface area contributed by atoms with Gasteiger partial charge in [-0.3, -0.25) is 14.4 Å². The molecule has 13 heteroatoms. The average molecular weight is 532 g/mol. The standard InChI is InChI=1S/C24H26F6N4O3/c1-15-13-33(20(36)12-23(25,26)27)11-9-17(15)19(35)8-5-10-31-22(37)18-14-34(16-6-3-2-4-7-16)32-21(18)24(28,29)30/h2-4,6-7,14-15,17H,5,8-13H2,1H3,(H,31,37). The van der Waals surface area contributed by atoms with E-state index in [2.05, 4.69) is 10.4 Å². The molecule has 1 fully saturated rings. The lowest BCUT2D eigenvalue weighted by Crippen LogP contribution is -2.46. The fourth-order valence-electron chi connectivity index (χ4n) is 4.34. The van der Waals surface area contributed by atoms with Crippen LogP contribution in [-0.4, -0.2) is 58.1 Å². The van der Waals surface area contributed by atoms with Crippen LogP contribution >= 0.6 is 0 Å². The van der Waals surface area contributed by atoms with Crippen LogP contribution in [0, 0.1) is 11.8 Å². The molecule has 1 aliphatic heterocycles. The molecule has 0 radical (unpaired) electrons. The lowest BCUT2D eigenvalue weighted by molar-refractivity contribution is -0.163. The van der Waals surface area contributed by atoms with Gasteiger partial charge in [0.2, 0.25) is 5.91 Å². The third-order valence-corrected chi connectivity index (χ3v) is 6.16. The number of hydrogen-bond acceptors (Lipinski definition) is 4. The van der Waals surface area contributed by atoms with E-state index in [0.717, 1.165) is 15.8 Å². The molecule has 2 unspecified atom stereocenters. The number of carbonyl (C=O) groups excluding carboxylic acids is 3. The van der Waals surface area contributed by atoms with Gasteiger partial charge in [-0.05, 0) is 30.9 Å². The second kappa shape index (κ2) is 11.3. The highest BCUT2D eigenvalue weighted by Gasteiger charge is 2.40. The van der Waals surface area contributed by atoms with Crippen molar-refractivity contribution in [2.75, 3.05) is 19.6 Å². The van der Waals surface area contributed by atoms with Crippen LogP contribution in [-0.2, 0) is 15.8 Å². The lowest BCUT2D eigenvalue weighted by atomic mass is 9.82. The van der Waals surface area contributed by atoms with Crippen LogP contribution in [0.3, 0.4) is 0 Å². The van der Waals surface area contributed by atoms with E-state index < -0.39 is 47.8 Å². The zero-order valence-electron chi connectivity index (χ0n) is 19.9. The Morgan fingerprint density at radius 3 is 2.35 bits per heavy atom. The third-order valence-electron chi connectivity index (χ3n) is 6.16. The first-order valence-electron chi connectivity index (χ1n) is 11.6. The average Bonchev–Trinajstić information content (AvgIpc) is 3.27. The number of ketones is 1. The van der Waals surface area contributed by atoms with E-state index in [1.807, 2.05) is 0 Å². The molecule has 1 aromatic carbocycles. The number of amides is 2. The minimum atomic E-state index is -4.85. The molecule has 2 amide bonds. The quantitative estimate of drug-likeness (QED) is 0.404. The molecule has 0 aliphatic carbocycles. The van der Waals surface area contributed by atoms with Gasteiger partial charge in [0.1, 0.15) is 12.2 Å². The second-order valence-electron chi connectivity index (χ2n) is 9.00. The summed E-state index contributed by atoms with van der Waals surface area (Å²) in [6, 6.07) is 8.00. The third kappa shape index (κ3) is 7.56. The molecule has 7 nitrogen and oxygen atoms in total. The number of rotatable bonds is 8. The number of aromatic nitrogens is 2. The Hall–Kier alpha value is -3.38. The number of likely N-dealkylation sites (tertiary alicyclic amines) is 1. The summed E-state index contributed by atoms with van der Waals surface area (Å²) in [5.41, 5.74) is -1.63. The van der Waals surface area contributed by atoms with E-state index in [-0.39, 0.29) is 50.6 Å². The van der Waals surface area contributed by atoms with Crippen molar-refractivity contribution in [1.29, 1.82) is 0 Å². The van der Waals surface area contributed by atoms with Gasteiger partial charge in [-0.25, -0.2) is 4.68 Å². The number of carbonyl (C=O) groups is 3. The Labute approximate surface area is 208 Å². The predicted octanol–water partition coefficient (Wildman–Crippen LogP) is 4.41. The number of piperidine rings is 1. The number of alkyl halides is 6. The Morgan fingerprint density at radius 1 is 1.08 bits per heavy atom. The lowest BCUT2D eigenvalue weighted by Gasteiger charge is -2.36. The number of nitrogens with one attached hydrogen (secondary N) is 1. The Balaban J connectivity index is 1.52. The summed E-state index contributed by atoms with van der Waals surface area (Å²) in [6.07, 6.45) is -9.58. The summed E-state index contributed by atoms with van der Waals surface area (Å²) < 4.78 is 78.7. The fourth-order valence-corrected chi connectivity index (χ4v) is 4.34. The van der Waals surface area contributed by atoms with E-state index in [1.165, 1.54) is 12.1 Å². The van der Waals surface area contributed by atoms with Crippen molar-refractivity contribution in [2.24, 2.45) is 11.8 Å². The molecule has 0 saturated carbocycles. The Kier molecular flexibility index (Phi) is 8.64. The van der Waals surface area contributed by atoms with Gasteiger partial charge in [0.25, 0.3) is 5.91 Å². The molecule has 2 atom stereocenters. The van der Waals surface area contributed by atoms with E-state index >= 15 is 0 Å². The molecule has 1 saturated heterocycles. The number of hydrogen-bond donors (Lipinski definition) is 1. The number of benzene rings is 1. The summed E-state index contributed by atoms with van der Waals surface area (Å²) in [5, 5.41) is 5.91. The molecule has 1 N–H and O–H groups in total. The minimum absolute atomic E-state index is 0.0290. The summed E-state index contributed by atoms with van der Waals surface area (Å²) in [7, 11) is 0. The van der Waals surface area contributed by atoms with Crippen LogP contribution in [0.4, 0.5) is 26.3 Å². The zero-order chi connectivity index (χ0) is 27.4. The van der Waals surface area contributed by atoms with Gasteiger partial charge in [-0.2, -0.15) is 31.4 Å². The van der Waals surface area contributed by atoms with Gasteiger partial charge in [0.15, 0.2) is 5.69 Å². The number of Topliss-reactive ketones (excluding diaryl/α,β-unsaturated/α-hetero) is 1. The van der Waals surface area contributed by atoms with Gasteiger partial charge in [-0.15, -0.1) is 0 Å². The summed E-state index contributed by atoms with van der Waals surface area (Å²) in [5.74, 6) is -2.97. The van der Waals surface area contributed by atoms with Crippen LogP contribution in [0.25, 0.3) is 5.69 Å². The van der Waals surface area contributed by atoms with Crippen LogP contribution in [0.15, 0.2) is 36.5 Å². The number of nitrogens with zero attached hydrogens (tertiary/aromatic N) is 3. The molecule has 3 rings (SSSR count). The molecule has 1 aromatic heterocycles. The van der Waals surface area contributed by atoms with Gasteiger partial charge >= 0.3 is 12.4 Å². The first kappa shape index (κ1) is 28.2. The molecule has 37 heavy (non-hydrogen) atoms. The molecule has 1 aliphatic rings. The SMILES string of the molecule is CC1CN(C(=O)CC(F)(F)F)CCC1C(=O)CCCNC(=O)c1cn(-c2ccccc2)nc1C(F)(F)F.